The van der Waals surface area contributed by atoms with E-state index in [1.807, 2.05) is 30.0 Å². The van der Waals surface area contributed by atoms with Gasteiger partial charge in [0.2, 0.25) is 11.8 Å². The molecule has 0 aliphatic carbocycles. The number of halogens is 1. The molecule has 0 saturated carbocycles. The predicted molar refractivity (Wildman–Crippen MR) is 164 cm³/mol. The molecule has 7 rings (SSSR count). The first-order chi connectivity index (χ1) is 21.4. The molecule has 2 unspecified atom stereocenters. The van der Waals surface area contributed by atoms with E-state index in [0.717, 1.165) is 44.0 Å². The van der Waals surface area contributed by atoms with Gasteiger partial charge in [-0.15, -0.1) is 6.42 Å². The number of carbonyl (C=O) groups excluding carboxylic acids is 2. The highest BCUT2D eigenvalue weighted by molar-refractivity contribution is 6.06. The molecule has 0 radical (unpaired) electrons. The maximum Gasteiger partial charge on any atom is 0.319 e. The number of nitrogens with one attached hydrogen (secondary N) is 1. The van der Waals surface area contributed by atoms with Gasteiger partial charge in [-0.05, 0) is 57.0 Å². The van der Waals surface area contributed by atoms with E-state index in [1.54, 1.807) is 12.1 Å². The number of anilines is 1. The molecule has 4 aliphatic heterocycles. The first-order valence-corrected chi connectivity index (χ1v) is 15.1. The molecule has 9 nitrogen and oxygen atoms in total. The fourth-order valence-electron chi connectivity index (χ4n) is 7.54. The normalized spacial score (nSPS) is 23.5. The summed E-state index contributed by atoms with van der Waals surface area (Å²) in [6.45, 7) is 8.88. The zero-order valence-electron chi connectivity index (χ0n) is 24.6. The third-order valence-corrected chi connectivity index (χ3v) is 9.76. The Morgan fingerprint density at radius 1 is 1.20 bits per heavy atom. The summed E-state index contributed by atoms with van der Waals surface area (Å²) in [6.07, 6.45) is 15.1. The highest BCUT2D eigenvalue weighted by Crippen LogP contribution is 2.40. The second-order valence-electron chi connectivity index (χ2n) is 12.0. The summed E-state index contributed by atoms with van der Waals surface area (Å²) in [5, 5.41) is 4.26. The van der Waals surface area contributed by atoms with Gasteiger partial charge in [0.15, 0.2) is 5.82 Å². The molecule has 2 atom stereocenters. The van der Waals surface area contributed by atoms with Crippen LogP contribution in [0.3, 0.4) is 0 Å². The molecule has 44 heavy (non-hydrogen) atoms. The quantitative estimate of drug-likeness (QED) is 0.343. The summed E-state index contributed by atoms with van der Waals surface area (Å²) in [7, 11) is 0. The second-order valence-corrected chi connectivity index (χ2v) is 12.0. The predicted octanol–water partition coefficient (Wildman–Crippen LogP) is 2.05. The molecule has 4 fully saturated rings. The highest BCUT2D eigenvalue weighted by atomic mass is 19.1. The van der Waals surface area contributed by atoms with E-state index >= 15 is 4.39 Å². The van der Waals surface area contributed by atoms with Gasteiger partial charge in [0, 0.05) is 35.6 Å². The maximum absolute atomic E-state index is 16.7. The number of rotatable bonds is 6. The number of hydrogen-bond acceptors (Lipinski definition) is 8. The van der Waals surface area contributed by atoms with Gasteiger partial charge in [-0.25, -0.2) is 4.39 Å². The van der Waals surface area contributed by atoms with E-state index in [1.165, 1.54) is 6.20 Å². The standard InChI is InChI=1S/C34H33FN6O3/c1-4-20-10-7-11-21(5-2)26(20)22(6-3)28-27(35)29-23(16-36-28)30(40-17-24-25(18-40)32(43)39-31(24)42)38-33(37-29)44-19-34-12-8-14-41(34)15-9-13-34/h1,5-7,10-11,16,24-25H,3,8-9,12-15,17-19H2,2H3,(H,39,42,43)/b21-5-,26-22+. The van der Waals surface area contributed by atoms with Gasteiger partial charge in [0.05, 0.1) is 22.8 Å². The van der Waals surface area contributed by atoms with Gasteiger partial charge in [-0.2, -0.15) is 9.97 Å². The largest absolute Gasteiger partial charge is 0.461 e. The topological polar surface area (TPSA) is 101 Å². The first-order valence-electron chi connectivity index (χ1n) is 15.1. The number of fused-ring (bicyclic) bond motifs is 3. The zero-order valence-corrected chi connectivity index (χ0v) is 24.6. The number of ether oxygens (including phenoxy) is 1. The molecule has 6 heterocycles. The van der Waals surface area contributed by atoms with Crippen molar-refractivity contribution in [2.24, 2.45) is 11.8 Å². The van der Waals surface area contributed by atoms with Gasteiger partial charge in [0.25, 0.3) is 0 Å². The van der Waals surface area contributed by atoms with Crippen LogP contribution in [0, 0.1) is 30.0 Å². The Balaban J connectivity index is 1.39. The van der Waals surface area contributed by atoms with Crippen molar-refractivity contribution >= 4 is 40.2 Å². The number of imide groups is 1. The molecule has 224 valence electrons. The van der Waals surface area contributed by atoms with Gasteiger partial charge >= 0.3 is 6.01 Å². The van der Waals surface area contributed by atoms with E-state index in [-0.39, 0.29) is 47.7 Å². The molecule has 2 aromatic heterocycles. The van der Waals surface area contributed by atoms with Crippen molar-refractivity contribution in [1.82, 2.24) is 25.2 Å². The molecular formula is C34H33FN6O3. The maximum atomic E-state index is 16.7. The Labute approximate surface area is 254 Å². The van der Waals surface area contributed by atoms with Crippen LogP contribution in [-0.2, 0) is 9.59 Å². The Morgan fingerprint density at radius 2 is 1.93 bits per heavy atom. The summed E-state index contributed by atoms with van der Waals surface area (Å²) in [4.78, 5) is 43.1. The van der Waals surface area contributed by atoms with Crippen LogP contribution in [0.1, 0.15) is 43.9 Å². The van der Waals surface area contributed by atoms with Crippen LogP contribution in [0.15, 0.2) is 37.1 Å². The smallest absolute Gasteiger partial charge is 0.319 e. The fraction of sp³-hybridized carbons (Fsp3) is 0.382. The molecular weight excluding hydrogens is 559 g/mol. The van der Waals surface area contributed by atoms with Crippen LogP contribution < -0.4 is 25.4 Å². The number of amides is 2. The Morgan fingerprint density at radius 3 is 2.59 bits per heavy atom. The lowest BCUT2D eigenvalue weighted by Crippen LogP contribution is -2.43. The number of allylic oxidation sites excluding steroid dienone is 1. The lowest BCUT2D eigenvalue weighted by atomic mass is 9.95. The van der Waals surface area contributed by atoms with E-state index in [0.29, 0.717) is 34.2 Å². The average Bonchev–Trinajstić information content (AvgIpc) is 3.80. The molecule has 10 heteroatoms. The van der Waals surface area contributed by atoms with E-state index in [4.69, 9.17) is 16.1 Å². The number of terminal acetylenes is 1. The van der Waals surface area contributed by atoms with Crippen molar-refractivity contribution in [3.63, 3.8) is 0 Å². The Bertz CT molecular complexity index is 1870. The Kier molecular flexibility index (Phi) is 6.93. The van der Waals surface area contributed by atoms with Gasteiger partial charge in [-0.3, -0.25) is 24.8 Å². The van der Waals surface area contributed by atoms with Crippen molar-refractivity contribution in [1.29, 1.82) is 0 Å². The van der Waals surface area contributed by atoms with E-state index in [9.17, 15) is 9.59 Å². The minimum Gasteiger partial charge on any atom is -0.461 e. The summed E-state index contributed by atoms with van der Waals surface area (Å²) in [5.74, 6) is 0.834. The number of pyridine rings is 1. The lowest BCUT2D eigenvalue weighted by Gasteiger charge is -2.31. The molecule has 4 aliphatic rings. The molecule has 0 bridgehead atoms. The van der Waals surface area contributed by atoms with Gasteiger partial charge in [-0.1, -0.05) is 36.8 Å². The number of benzene rings is 1. The third kappa shape index (κ3) is 4.37. The molecule has 2 amide bonds. The molecule has 3 aromatic rings. The zero-order chi connectivity index (χ0) is 30.6. The summed E-state index contributed by atoms with van der Waals surface area (Å²) in [5.41, 5.74) is 1.06. The third-order valence-electron chi connectivity index (χ3n) is 9.76. The monoisotopic (exact) mass is 592 g/mol. The minimum atomic E-state index is -0.658. The van der Waals surface area contributed by atoms with Crippen molar-refractivity contribution < 1.29 is 18.7 Å². The van der Waals surface area contributed by atoms with Crippen molar-refractivity contribution in [3.8, 4) is 18.4 Å². The van der Waals surface area contributed by atoms with Crippen LogP contribution in [0.2, 0.25) is 0 Å². The lowest BCUT2D eigenvalue weighted by molar-refractivity contribution is -0.126. The van der Waals surface area contributed by atoms with Crippen LogP contribution in [0.5, 0.6) is 6.01 Å². The van der Waals surface area contributed by atoms with Crippen LogP contribution >= 0.6 is 0 Å². The van der Waals surface area contributed by atoms with E-state index < -0.39 is 17.7 Å². The average molecular weight is 593 g/mol. The number of hydrogen-bond donors (Lipinski definition) is 1. The van der Waals surface area contributed by atoms with Gasteiger partial charge < -0.3 is 9.64 Å². The highest BCUT2D eigenvalue weighted by Gasteiger charge is 2.49. The Hall–Kier alpha value is -4.62. The van der Waals surface area contributed by atoms with Crippen molar-refractivity contribution in [2.75, 3.05) is 37.7 Å². The minimum absolute atomic E-state index is 0.0367. The number of nitrogens with zero attached hydrogens (tertiary/aromatic N) is 5. The van der Waals surface area contributed by atoms with Crippen LogP contribution in [-0.4, -0.2) is 70.0 Å². The first kappa shape index (κ1) is 28.2. The molecule has 0 spiro atoms. The van der Waals surface area contributed by atoms with Crippen LogP contribution in [0.25, 0.3) is 22.6 Å². The van der Waals surface area contributed by atoms with E-state index in [2.05, 4.69) is 32.7 Å². The molecule has 1 aromatic carbocycles. The summed E-state index contributed by atoms with van der Waals surface area (Å²) < 4.78 is 23.0. The van der Waals surface area contributed by atoms with Crippen molar-refractivity contribution in [3.05, 3.63) is 64.6 Å². The fourth-order valence-corrected chi connectivity index (χ4v) is 7.54. The van der Waals surface area contributed by atoms with Gasteiger partial charge in [0.1, 0.15) is 23.6 Å². The number of aromatic nitrogens is 3. The summed E-state index contributed by atoms with van der Waals surface area (Å²) in [6, 6.07) is 5.61. The molecule has 1 N–H and O–H groups in total. The number of carbonyl (C=O) groups is 2. The molecule has 4 saturated heterocycles. The second kappa shape index (κ2) is 10.8. The van der Waals surface area contributed by atoms with Crippen LogP contribution in [0.4, 0.5) is 10.2 Å². The summed E-state index contributed by atoms with van der Waals surface area (Å²) >= 11 is 0. The SMILES string of the molecule is C#Cc1cccc(=C/C)/c1=C(\C=C)c1ncc2c(N3CC4C(=O)NC(=O)C4C3)nc(OCC34CCCN3CCC4)nc2c1F. The van der Waals surface area contributed by atoms with Crippen molar-refractivity contribution in [2.45, 2.75) is 38.1 Å².